The van der Waals surface area contributed by atoms with E-state index in [1.807, 2.05) is 6.92 Å². The van der Waals surface area contributed by atoms with E-state index < -0.39 is 0 Å². The van der Waals surface area contributed by atoms with E-state index >= 15 is 0 Å². The molecule has 2 atom stereocenters. The number of aromatic nitrogens is 1. The number of piperidine rings is 2. The van der Waals surface area contributed by atoms with Crippen molar-refractivity contribution in [2.45, 2.75) is 57.2 Å². The van der Waals surface area contributed by atoms with Crippen LogP contribution in [0.4, 0.5) is 5.00 Å². The molecule has 2 saturated heterocycles. The molecule has 2 unspecified atom stereocenters. The average molecular weight is 309 g/mol. The van der Waals surface area contributed by atoms with Crippen LogP contribution in [0, 0.1) is 0 Å². The van der Waals surface area contributed by atoms with Crippen molar-refractivity contribution in [3.63, 3.8) is 0 Å². The van der Waals surface area contributed by atoms with Crippen LogP contribution in [0.25, 0.3) is 0 Å². The van der Waals surface area contributed by atoms with Crippen molar-refractivity contribution in [1.82, 2.24) is 9.88 Å². The summed E-state index contributed by atoms with van der Waals surface area (Å²) < 4.78 is 5.06. The van der Waals surface area contributed by atoms with Crippen LogP contribution in [-0.4, -0.2) is 47.6 Å². The fourth-order valence-electron chi connectivity index (χ4n) is 3.61. The summed E-state index contributed by atoms with van der Waals surface area (Å²) in [6.07, 6.45) is 6.22. The van der Waals surface area contributed by atoms with Gasteiger partial charge in [-0.15, -0.1) is 11.3 Å². The number of anilines is 1. The van der Waals surface area contributed by atoms with E-state index in [-0.39, 0.29) is 5.97 Å². The fourth-order valence-corrected chi connectivity index (χ4v) is 4.36. The highest BCUT2D eigenvalue weighted by atomic mass is 32.1. The van der Waals surface area contributed by atoms with Crippen LogP contribution in [-0.2, 0) is 4.74 Å². The Morgan fingerprint density at radius 1 is 1.48 bits per heavy atom. The molecule has 1 N–H and O–H groups in total. The maximum atomic E-state index is 11.9. The van der Waals surface area contributed by atoms with Gasteiger partial charge in [0.05, 0.1) is 12.1 Å². The Morgan fingerprint density at radius 2 is 2.19 bits per heavy atom. The van der Waals surface area contributed by atoms with Crippen molar-refractivity contribution < 1.29 is 9.53 Å². The Balaban J connectivity index is 1.67. The van der Waals surface area contributed by atoms with E-state index in [1.165, 1.54) is 30.6 Å². The van der Waals surface area contributed by atoms with Gasteiger partial charge in [-0.2, -0.15) is 0 Å². The van der Waals surface area contributed by atoms with Gasteiger partial charge in [0.1, 0.15) is 5.00 Å². The topological polar surface area (TPSA) is 54.5 Å². The molecule has 2 bridgehead atoms. The minimum atomic E-state index is -0.325. The zero-order valence-corrected chi connectivity index (χ0v) is 13.5. The fraction of sp³-hybridized carbons (Fsp3) is 0.733. The van der Waals surface area contributed by atoms with E-state index in [2.05, 4.69) is 22.2 Å². The van der Waals surface area contributed by atoms with Crippen molar-refractivity contribution >= 4 is 22.3 Å². The Labute approximate surface area is 129 Å². The first-order chi connectivity index (χ1) is 10.2. The maximum absolute atomic E-state index is 11.9. The highest BCUT2D eigenvalue weighted by Gasteiger charge is 2.36. The van der Waals surface area contributed by atoms with Crippen molar-refractivity contribution in [1.29, 1.82) is 0 Å². The highest BCUT2D eigenvalue weighted by Crippen LogP contribution is 2.35. The number of fused-ring (bicyclic) bond motifs is 2. The summed E-state index contributed by atoms with van der Waals surface area (Å²) in [6, 6.07) is 1.79. The van der Waals surface area contributed by atoms with Crippen LogP contribution in [0.1, 0.15) is 49.5 Å². The number of carbonyl (C=O) groups is 1. The van der Waals surface area contributed by atoms with Crippen LogP contribution < -0.4 is 5.32 Å². The summed E-state index contributed by atoms with van der Waals surface area (Å²) in [4.78, 5) is 18.6. The summed E-state index contributed by atoms with van der Waals surface area (Å²) in [5.41, 5.74) is 2.15. The number of carbonyl (C=O) groups excluding carboxylic acids is 1. The number of esters is 1. The largest absolute Gasteiger partial charge is 0.461 e. The molecule has 3 rings (SSSR count). The lowest BCUT2D eigenvalue weighted by Crippen LogP contribution is -2.52. The first-order valence-corrected chi connectivity index (χ1v) is 8.66. The van der Waals surface area contributed by atoms with Crippen LogP contribution in [0.15, 0.2) is 5.51 Å². The monoisotopic (exact) mass is 309 g/mol. The number of hydrogen-bond donors (Lipinski definition) is 1. The molecule has 1 aromatic rings. The molecule has 6 heteroatoms. The zero-order chi connectivity index (χ0) is 14.8. The van der Waals surface area contributed by atoms with Gasteiger partial charge in [0.25, 0.3) is 0 Å². The molecular formula is C15H23N3O2S. The van der Waals surface area contributed by atoms with Gasteiger partial charge >= 0.3 is 5.97 Å². The second-order valence-corrected chi connectivity index (χ2v) is 6.82. The Kier molecular flexibility index (Phi) is 4.45. The van der Waals surface area contributed by atoms with Gasteiger partial charge in [-0.25, -0.2) is 9.78 Å². The molecule has 2 aliphatic heterocycles. The first kappa shape index (κ1) is 14.8. The second-order valence-electron chi connectivity index (χ2n) is 5.97. The predicted molar refractivity (Wildman–Crippen MR) is 83.9 cm³/mol. The third kappa shape index (κ3) is 3.06. The average Bonchev–Trinajstić information content (AvgIpc) is 2.88. The summed E-state index contributed by atoms with van der Waals surface area (Å²) in [5.74, 6) is -0.325. The predicted octanol–water partition coefficient (Wildman–Crippen LogP) is 2.75. The van der Waals surface area contributed by atoms with Crippen LogP contribution >= 0.6 is 11.3 Å². The van der Waals surface area contributed by atoms with Crippen molar-refractivity contribution in [2.75, 3.05) is 19.0 Å². The second kappa shape index (κ2) is 6.32. The van der Waals surface area contributed by atoms with Crippen LogP contribution in [0.2, 0.25) is 0 Å². The number of ether oxygens (including phenoxy) is 1. The van der Waals surface area contributed by atoms with Gasteiger partial charge in [0.2, 0.25) is 0 Å². The van der Waals surface area contributed by atoms with Crippen molar-refractivity contribution in [2.24, 2.45) is 0 Å². The Morgan fingerprint density at radius 3 is 2.86 bits per heavy atom. The third-order valence-electron chi connectivity index (χ3n) is 4.71. The van der Waals surface area contributed by atoms with Crippen LogP contribution in [0.5, 0.6) is 0 Å². The lowest BCUT2D eigenvalue weighted by molar-refractivity contribution is 0.0520. The summed E-state index contributed by atoms with van der Waals surface area (Å²) >= 11 is 1.49. The first-order valence-electron chi connectivity index (χ1n) is 7.78. The lowest BCUT2D eigenvalue weighted by Gasteiger charge is -2.47. The summed E-state index contributed by atoms with van der Waals surface area (Å²) in [6.45, 7) is 2.20. The molecule has 1 aromatic heterocycles. The van der Waals surface area contributed by atoms with Gasteiger partial charge in [0.15, 0.2) is 5.69 Å². The molecule has 0 radical (unpaired) electrons. The third-order valence-corrected chi connectivity index (χ3v) is 5.47. The molecule has 0 aromatic carbocycles. The van der Waals surface area contributed by atoms with E-state index in [0.29, 0.717) is 30.4 Å². The molecular weight excluding hydrogens is 286 g/mol. The number of nitrogens with one attached hydrogen (secondary N) is 1. The van der Waals surface area contributed by atoms with Gasteiger partial charge in [-0.05, 0) is 39.7 Å². The van der Waals surface area contributed by atoms with Crippen molar-refractivity contribution in [3.05, 3.63) is 11.2 Å². The SMILES string of the molecule is CCOC(=O)c1ncsc1NC1CC2CCCC(C1)N2C. The van der Waals surface area contributed by atoms with E-state index in [9.17, 15) is 4.79 Å². The van der Waals surface area contributed by atoms with Crippen LogP contribution in [0.3, 0.4) is 0 Å². The van der Waals surface area contributed by atoms with Gasteiger partial charge in [-0.1, -0.05) is 6.42 Å². The zero-order valence-electron chi connectivity index (χ0n) is 12.7. The van der Waals surface area contributed by atoms with Crippen molar-refractivity contribution in [3.8, 4) is 0 Å². The minimum Gasteiger partial charge on any atom is -0.461 e. The van der Waals surface area contributed by atoms with E-state index in [4.69, 9.17) is 4.74 Å². The smallest absolute Gasteiger partial charge is 0.360 e. The normalized spacial score (nSPS) is 29.1. The van der Waals surface area contributed by atoms with Gasteiger partial charge < -0.3 is 15.0 Å². The molecule has 3 heterocycles. The summed E-state index contributed by atoms with van der Waals surface area (Å²) in [5, 5.41) is 4.41. The number of hydrogen-bond acceptors (Lipinski definition) is 6. The number of rotatable bonds is 4. The molecule has 0 spiro atoms. The molecule has 0 amide bonds. The minimum absolute atomic E-state index is 0.325. The summed E-state index contributed by atoms with van der Waals surface area (Å²) in [7, 11) is 2.25. The highest BCUT2D eigenvalue weighted by molar-refractivity contribution is 7.14. The van der Waals surface area contributed by atoms with E-state index in [1.54, 1.807) is 5.51 Å². The molecule has 0 aliphatic carbocycles. The quantitative estimate of drug-likeness (QED) is 0.867. The molecule has 116 valence electrons. The lowest BCUT2D eigenvalue weighted by atomic mass is 9.82. The van der Waals surface area contributed by atoms with Gasteiger partial charge in [-0.3, -0.25) is 0 Å². The number of thiazole rings is 1. The molecule has 2 aliphatic rings. The maximum Gasteiger partial charge on any atom is 0.360 e. The molecule has 0 saturated carbocycles. The molecule has 2 fully saturated rings. The Bertz CT molecular complexity index is 491. The van der Waals surface area contributed by atoms with E-state index in [0.717, 1.165) is 17.8 Å². The number of nitrogens with zero attached hydrogens (tertiary/aromatic N) is 2. The standard InChI is InChI=1S/C15H23N3O2S/c1-3-20-15(19)13-14(21-9-16-13)17-10-7-11-5-4-6-12(8-10)18(11)2/h9-12,17H,3-8H2,1-2H3. The molecule has 21 heavy (non-hydrogen) atoms. The molecule has 5 nitrogen and oxygen atoms in total. The Hall–Kier alpha value is -1.14. The van der Waals surface area contributed by atoms with Gasteiger partial charge in [0, 0.05) is 18.1 Å².